The summed E-state index contributed by atoms with van der Waals surface area (Å²) >= 11 is 6.02. The van der Waals surface area contributed by atoms with E-state index >= 15 is 0 Å². The second kappa shape index (κ2) is 7.76. The summed E-state index contributed by atoms with van der Waals surface area (Å²) in [4.78, 5) is 13.9. The molecule has 0 bridgehead atoms. The zero-order chi connectivity index (χ0) is 20.6. The lowest BCUT2D eigenvalue weighted by Gasteiger charge is -2.26. The lowest BCUT2D eigenvalue weighted by atomic mass is 10.1. The van der Waals surface area contributed by atoms with E-state index in [9.17, 15) is 4.39 Å². The van der Waals surface area contributed by atoms with Crippen molar-refractivity contribution in [2.75, 3.05) is 23.7 Å². The molecule has 0 unspecified atom stereocenters. The van der Waals surface area contributed by atoms with E-state index < -0.39 is 5.82 Å². The molecule has 154 valence electrons. The van der Waals surface area contributed by atoms with Gasteiger partial charge in [-0.3, -0.25) is 4.57 Å². The smallest absolute Gasteiger partial charge is 0.225 e. The molecular formula is C20H25ClFN7. The summed E-state index contributed by atoms with van der Waals surface area (Å²) in [6.45, 7) is 8.03. The summed E-state index contributed by atoms with van der Waals surface area (Å²) in [5.41, 5.74) is 1.82. The summed E-state index contributed by atoms with van der Waals surface area (Å²) in [5, 5.41) is 10.3. The van der Waals surface area contributed by atoms with Gasteiger partial charge in [0, 0.05) is 22.3 Å². The fourth-order valence-corrected chi connectivity index (χ4v) is 3.76. The van der Waals surface area contributed by atoms with Gasteiger partial charge in [-0.15, -0.1) is 0 Å². The molecule has 29 heavy (non-hydrogen) atoms. The highest BCUT2D eigenvalue weighted by Gasteiger charge is 2.24. The van der Waals surface area contributed by atoms with Crippen molar-refractivity contribution in [3.8, 4) is 0 Å². The Morgan fingerprint density at radius 1 is 1.17 bits per heavy atom. The Bertz CT molecular complexity index is 1000. The van der Waals surface area contributed by atoms with Crippen LogP contribution in [-0.4, -0.2) is 38.1 Å². The van der Waals surface area contributed by atoms with E-state index in [0.717, 1.165) is 31.6 Å². The van der Waals surface area contributed by atoms with E-state index in [0.29, 0.717) is 28.1 Å². The minimum absolute atomic E-state index is 0.160. The van der Waals surface area contributed by atoms with Crippen molar-refractivity contribution >= 4 is 40.3 Å². The normalized spacial score (nSPS) is 15.6. The largest absolute Gasteiger partial charge is 0.350 e. The molecule has 1 aliphatic rings. The zero-order valence-electron chi connectivity index (χ0n) is 16.8. The van der Waals surface area contributed by atoms with Crippen molar-refractivity contribution in [2.24, 2.45) is 0 Å². The molecule has 0 atom stereocenters. The average Bonchev–Trinajstić information content (AvgIpc) is 2.97. The molecule has 1 saturated heterocycles. The number of piperidine rings is 1. The van der Waals surface area contributed by atoms with Crippen molar-refractivity contribution in [3.05, 3.63) is 35.2 Å². The van der Waals surface area contributed by atoms with Gasteiger partial charge < -0.3 is 16.0 Å². The summed E-state index contributed by atoms with van der Waals surface area (Å²) < 4.78 is 15.9. The lowest BCUT2D eigenvalue weighted by Crippen LogP contribution is -2.30. The van der Waals surface area contributed by atoms with Crippen molar-refractivity contribution in [3.63, 3.8) is 0 Å². The first-order chi connectivity index (χ1) is 13.8. The van der Waals surface area contributed by atoms with Gasteiger partial charge in [-0.1, -0.05) is 11.6 Å². The van der Waals surface area contributed by atoms with Crippen LogP contribution in [0, 0.1) is 5.82 Å². The zero-order valence-corrected chi connectivity index (χ0v) is 17.5. The Balaban J connectivity index is 1.79. The maximum absolute atomic E-state index is 13.8. The highest BCUT2D eigenvalue weighted by atomic mass is 35.5. The van der Waals surface area contributed by atoms with Gasteiger partial charge in [-0.25, -0.2) is 14.4 Å². The molecule has 3 N–H and O–H groups in total. The van der Waals surface area contributed by atoms with Crippen LogP contribution in [0.2, 0.25) is 5.02 Å². The van der Waals surface area contributed by atoms with Gasteiger partial charge in [0.15, 0.2) is 5.65 Å². The number of benzene rings is 1. The van der Waals surface area contributed by atoms with Crippen LogP contribution >= 0.6 is 11.6 Å². The van der Waals surface area contributed by atoms with Crippen LogP contribution in [0.4, 0.5) is 22.0 Å². The number of aromatic nitrogens is 4. The molecule has 3 heterocycles. The summed E-state index contributed by atoms with van der Waals surface area (Å²) in [6.07, 6.45) is 3.63. The fraction of sp³-hybridized carbons (Fsp3) is 0.450. The van der Waals surface area contributed by atoms with E-state index in [-0.39, 0.29) is 11.6 Å². The molecule has 0 saturated carbocycles. The van der Waals surface area contributed by atoms with Crippen LogP contribution in [0.3, 0.4) is 0 Å². The number of rotatable bonds is 4. The van der Waals surface area contributed by atoms with Crippen LogP contribution in [0.1, 0.15) is 39.7 Å². The third-order valence-electron chi connectivity index (χ3n) is 4.71. The molecular weight excluding hydrogens is 393 g/mol. The Morgan fingerprint density at radius 2 is 1.93 bits per heavy atom. The standard InChI is InChI=1S/C20H25ClFN7/c1-20(2,3)28-18-24-11-16-17(27-18)29(15-4-6-23-7-5-15)19(26-16)25-14-9-12(21)8-13(22)10-14/h8-11,15,23H,4-7H2,1-3H3,(H,25,26)(H,24,27,28). The molecule has 7 nitrogen and oxygen atoms in total. The number of fused-ring (bicyclic) bond motifs is 1. The van der Waals surface area contributed by atoms with Crippen LogP contribution in [0.25, 0.3) is 11.2 Å². The lowest BCUT2D eigenvalue weighted by molar-refractivity contribution is 0.377. The van der Waals surface area contributed by atoms with Crippen molar-refractivity contribution in [1.29, 1.82) is 0 Å². The third-order valence-corrected chi connectivity index (χ3v) is 4.93. The maximum Gasteiger partial charge on any atom is 0.225 e. The van der Waals surface area contributed by atoms with Crippen molar-refractivity contribution in [1.82, 2.24) is 24.8 Å². The SMILES string of the molecule is CC(C)(C)Nc1ncc2nc(Nc3cc(F)cc(Cl)c3)n(C3CCNCC3)c2n1. The average molecular weight is 418 g/mol. The van der Waals surface area contributed by atoms with Crippen molar-refractivity contribution in [2.45, 2.75) is 45.2 Å². The van der Waals surface area contributed by atoms with Gasteiger partial charge in [0.2, 0.25) is 11.9 Å². The molecule has 3 aromatic rings. The molecule has 1 aromatic carbocycles. The van der Waals surface area contributed by atoms with Crippen LogP contribution in [0.15, 0.2) is 24.4 Å². The topological polar surface area (TPSA) is 79.7 Å². The van der Waals surface area contributed by atoms with E-state index in [1.54, 1.807) is 12.3 Å². The quantitative estimate of drug-likeness (QED) is 0.580. The van der Waals surface area contributed by atoms with E-state index in [1.807, 2.05) is 0 Å². The second-order valence-electron chi connectivity index (χ2n) is 8.35. The monoisotopic (exact) mass is 417 g/mol. The number of nitrogens with one attached hydrogen (secondary N) is 3. The first kappa shape index (κ1) is 19.8. The van der Waals surface area contributed by atoms with Gasteiger partial charge in [0.1, 0.15) is 11.3 Å². The Labute approximate surface area is 174 Å². The molecule has 0 amide bonds. The number of nitrogens with zero attached hydrogens (tertiary/aromatic N) is 4. The minimum Gasteiger partial charge on any atom is -0.350 e. The summed E-state index contributed by atoms with van der Waals surface area (Å²) in [7, 11) is 0. The highest BCUT2D eigenvalue weighted by molar-refractivity contribution is 6.30. The molecule has 0 spiro atoms. The van der Waals surface area contributed by atoms with E-state index in [2.05, 4.69) is 46.3 Å². The van der Waals surface area contributed by atoms with Crippen LogP contribution < -0.4 is 16.0 Å². The minimum atomic E-state index is -0.402. The molecule has 9 heteroatoms. The highest BCUT2D eigenvalue weighted by Crippen LogP contribution is 2.31. The summed E-state index contributed by atoms with van der Waals surface area (Å²) in [6, 6.07) is 4.58. The number of hydrogen-bond acceptors (Lipinski definition) is 6. The number of halogens is 2. The number of imidazole rings is 1. The second-order valence-corrected chi connectivity index (χ2v) is 8.78. The Morgan fingerprint density at radius 3 is 2.62 bits per heavy atom. The first-order valence-electron chi connectivity index (χ1n) is 9.75. The van der Waals surface area contributed by atoms with Crippen molar-refractivity contribution < 1.29 is 4.39 Å². The predicted molar refractivity (Wildman–Crippen MR) is 115 cm³/mol. The van der Waals surface area contributed by atoms with Crippen LogP contribution in [-0.2, 0) is 0 Å². The fourth-order valence-electron chi connectivity index (χ4n) is 3.54. The molecule has 1 fully saturated rings. The molecule has 0 radical (unpaired) electrons. The molecule has 1 aliphatic heterocycles. The molecule has 4 rings (SSSR count). The number of hydrogen-bond donors (Lipinski definition) is 3. The van der Waals surface area contributed by atoms with Gasteiger partial charge in [0.05, 0.1) is 6.20 Å². The molecule has 0 aliphatic carbocycles. The van der Waals surface area contributed by atoms with E-state index in [1.165, 1.54) is 12.1 Å². The third kappa shape index (κ3) is 4.59. The van der Waals surface area contributed by atoms with Gasteiger partial charge in [-0.2, -0.15) is 4.98 Å². The van der Waals surface area contributed by atoms with E-state index in [4.69, 9.17) is 21.6 Å². The predicted octanol–water partition coefficient (Wildman–Crippen LogP) is 4.50. The van der Waals surface area contributed by atoms with Gasteiger partial charge >= 0.3 is 0 Å². The number of anilines is 3. The Hall–Kier alpha value is -2.45. The first-order valence-corrected chi connectivity index (χ1v) is 10.1. The van der Waals surface area contributed by atoms with Crippen LogP contribution in [0.5, 0.6) is 0 Å². The van der Waals surface area contributed by atoms with Gasteiger partial charge in [0.25, 0.3) is 0 Å². The van der Waals surface area contributed by atoms with Gasteiger partial charge in [-0.05, 0) is 64.9 Å². The summed E-state index contributed by atoms with van der Waals surface area (Å²) in [5.74, 6) is 0.761. The maximum atomic E-state index is 13.8. The molecule has 2 aromatic heterocycles. The Kier molecular flexibility index (Phi) is 5.31.